The molecule has 0 spiro atoms. The van der Waals surface area contributed by atoms with Crippen LogP contribution in [0.4, 0.5) is 0 Å². The molecule has 0 aromatic heterocycles. The minimum atomic E-state index is 0.109. The van der Waals surface area contributed by atoms with Crippen molar-refractivity contribution in [1.29, 1.82) is 0 Å². The number of halogens is 1. The van der Waals surface area contributed by atoms with E-state index in [-0.39, 0.29) is 6.04 Å². The summed E-state index contributed by atoms with van der Waals surface area (Å²) in [5.74, 6) is 1.45. The number of hydrogen-bond acceptors (Lipinski definition) is 2. The zero-order valence-electron chi connectivity index (χ0n) is 12.8. The van der Waals surface area contributed by atoms with E-state index in [1.807, 2.05) is 13.0 Å². The van der Waals surface area contributed by atoms with Crippen molar-refractivity contribution in [2.24, 2.45) is 17.1 Å². The Kier molecular flexibility index (Phi) is 5.14. The highest BCUT2D eigenvalue weighted by molar-refractivity contribution is 9.10. The molecule has 0 amide bonds. The van der Waals surface area contributed by atoms with E-state index in [1.165, 1.54) is 31.2 Å². The van der Waals surface area contributed by atoms with Crippen LogP contribution < -0.4 is 10.5 Å². The van der Waals surface area contributed by atoms with E-state index in [2.05, 4.69) is 41.9 Å². The van der Waals surface area contributed by atoms with Gasteiger partial charge in [-0.3, -0.25) is 0 Å². The second-order valence-electron chi connectivity index (χ2n) is 6.49. The van der Waals surface area contributed by atoms with Crippen molar-refractivity contribution >= 4 is 15.9 Å². The van der Waals surface area contributed by atoms with Crippen molar-refractivity contribution in [3.05, 3.63) is 28.2 Å². The van der Waals surface area contributed by atoms with E-state index < -0.39 is 0 Å². The van der Waals surface area contributed by atoms with Gasteiger partial charge in [-0.05, 0) is 64.7 Å². The fraction of sp³-hybridized carbons (Fsp3) is 0.647. The molecule has 112 valence electrons. The fourth-order valence-corrected chi connectivity index (χ4v) is 3.93. The SMILES string of the molecule is CCOc1ccc(C(N)C2CCCCC2(C)C)cc1Br. The zero-order valence-corrected chi connectivity index (χ0v) is 14.4. The predicted molar refractivity (Wildman–Crippen MR) is 88.0 cm³/mol. The second-order valence-corrected chi connectivity index (χ2v) is 7.34. The van der Waals surface area contributed by atoms with Crippen LogP contribution in [0.5, 0.6) is 5.75 Å². The minimum absolute atomic E-state index is 0.109. The van der Waals surface area contributed by atoms with Crippen LogP contribution in [0, 0.1) is 11.3 Å². The lowest BCUT2D eigenvalue weighted by Crippen LogP contribution is -2.36. The molecule has 2 nitrogen and oxygen atoms in total. The summed E-state index contributed by atoms with van der Waals surface area (Å²) < 4.78 is 6.57. The average molecular weight is 340 g/mol. The molecule has 0 aliphatic heterocycles. The molecule has 2 atom stereocenters. The van der Waals surface area contributed by atoms with Crippen LogP contribution in [0.3, 0.4) is 0 Å². The van der Waals surface area contributed by atoms with Gasteiger partial charge in [-0.15, -0.1) is 0 Å². The van der Waals surface area contributed by atoms with Crippen LogP contribution in [-0.2, 0) is 0 Å². The molecule has 3 heteroatoms. The van der Waals surface area contributed by atoms with Crippen LogP contribution in [0.25, 0.3) is 0 Å². The Labute approximate surface area is 131 Å². The van der Waals surface area contributed by atoms with E-state index in [1.54, 1.807) is 0 Å². The van der Waals surface area contributed by atoms with Crippen molar-refractivity contribution in [3.8, 4) is 5.75 Å². The zero-order chi connectivity index (χ0) is 14.8. The summed E-state index contributed by atoms with van der Waals surface area (Å²) in [5, 5.41) is 0. The van der Waals surface area contributed by atoms with E-state index in [0.29, 0.717) is 17.9 Å². The first-order valence-electron chi connectivity index (χ1n) is 7.63. The highest BCUT2D eigenvalue weighted by atomic mass is 79.9. The molecule has 1 aliphatic carbocycles. The standard InChI is InChI=1S/C17H26BrNO/c1-4-20-15-9-8-12(11-14(15)18)16(19)13-7-5-6-10-17(13,2)3/h8-9,11,13,16H,4-7,10,19H2,1-3H3. The van der Waals surface area contributed by atoms with Crippen molar-refractivity contribution in [1.82, 2.24) is 0 Å². The van der Waals surface area contributed by atoms with Gasteiger partial charge in [0, 0.05) is 6.04 Å². The number of hydrogen-bond donors (Lipinski definition) is 1. The van der Waals surface area contributed by atoms with E-state index in [0.717, 1.165) is 10.2 Å². The van der Waals surface area contributed by atoms with Crippen molar-refractivity contribution in [3.63, 3.8) is 0 Å². The molecule has 1 aromatic carbocycles. The Balaban J connectivity index is 2.20. The molecule has 0 bridgehead atoms. The molecular formula is C17H26BrNO. The lowest BCUT2D eigenvalue weighted by atomic mass is 9.65. The molecular weight excluding hydrogens is 314 g/mol. The molecule has 0 heterocycles. The number of ether oxygens (including phenoxy) is 1. The van der Waals surface area contributed by atoms with Crippen LogP contribution in [0.1, 0.15) is 58.1 Å². The largest absolute Gasteiger partial charge is 0.493 e. The lowest BCUT2D eigenvalue weighted by molar-refractivity contribution is 0.112. The van der Waals surface area contributed by atoms with E-state index >= 15 is 0 Å². The molecule has 2 N–H and O–H groups in total. The molecule has 1 saturated carbocycles. The number of benzene rings is 1. The van der Waals surface area contributed by atoms with E-state index in [4.69, 9.17) is 10.5 Å². The highest BCUT2D eigenvalue weighted by Crippen LogP contribution is 2.46. The first kappa shape index (κ1) is 15.8. The average Bonchev–Trinajstić information content (AvgIpc) is 2.40. The Morgan fingerprint density at radius 2 is 2.15 bits per heavy atom. The topological polar surface area (TPSA) is 35.2 Å². The van der Waals surface area contributed by atoms with Gasteiger partial charge in [0.15, 0.2) is 0 Å². The maximum atomic E-state index is 6.58. The molecule has 1 aliphatic rings. The summed E-state index contributed by atoms with van der Waals surface area (Å²) in [7, 11) is 0. The van der Waals surface area contributed by atoms with Crippen LogP contribution >= 0.6 is 15.9 Å². The minimum Gasteiger partial charge on any atom is -0.493 e. The van der Waals surface area contributed by atoms with Crippen molar-refractivity contribution in [2.45, 2.75) is 52.5 Å². The summed E-state index contributed by atoms with van der Waals surface area (Å²) in [4.78, 5) is 0. The Morgan fingerprint density at radius 3 is 2.75 bits per heavy atom. The molecule has 1 fully saturated rings. The molecule has 2 rings (SSSR count). The molecule has 2 unspecified atom stereocenters. The van der Waals surface area contributed by atoms with Gasteiger partial charge in [-0.25, -0.2) is 0 Å². The maximum absolute atomic E-state index is 6.58. The lowest BCUT2D eigenvalue weighted by Gasteiger charge is -2.42. The Morgan fingerprint density at radius 1 is 1.40 bits per heavy atom. The van der Waals surface area contributed by atoms with Gasteiger partial charge >= 0.3 is 0 Å². The second kappa shape index (κ2) is 6.48. The number of rotatable bonds is 4. The van der Waals surface area contributed by atoms with Crippen LogP contribution in [-0.4, -0.2) is 6.61 Å². The fourth-order valence-electron chi connectivity index (χ4n) is 3.42. The van der Waals surface area contributed by atoms with Gasteiger partial charge in [-0.1, -0.05) is 32.8 Å². The summed E-state index contributed by atoms with van der Waals surface area (Å²) in [6.45, 7) is 7.40. The normalized spacial score (nSPS) is 23.4. The number of nitrogens with two attached hydrogens (primary N) is 1. The van der Waals surface area contributed by atoms with Gasteiger partial charge < -0.3 is 10.5 Å². The maximum Gasteiger partial charge on any atom is 0.133 e. The third-order valence-electron chi connectivity index (χ3n) is 4.66. The van der Waals surface area contributed by atoms with Crippen molar-refractivity contribution < 1.29 is 4.74 Å². The predicted octanol–water partition coefficient (Wildman–Crippen LogP) is 5.06. The van der Waals surface area contributed by atoms with Gasteiger partial charge in [0.05, 0.1) is 11.1 Å². The Hall–Kier alpha value is -0.540. The summed E-state index contributed by atoms with van der Waals surface area (Å²) in [6.07, 6.45) is 5.16. The first-order valence-corrected chi connectivity index (χ1v) is 8.43. The van der Waals surface area contributed by atoms with Crippen LogP contribution in [0.2, 0.25) is 0 Å². The molecule has 20 heavy (non-hydrogen) atoms. The van der Waals surface area contributed by atoms with Gasteiger partial charge in [-0.2, -0.15) is 0 Å². The first-order chi connectivity index (χ1) is 9.45. The quantitative estimate of drug-likeness (QED) is 0.831. The molecule has 1 aromatic rings. The summed E-state index contributed by atoms with van der Waals surface area (Å²) in [5.41, 5.74) is 8.12. The van der Waals surface area contributed by atoms with E-state index in [9.17, 15) is 0 Å². The smallest absolute Gasteiger partial charge is 0.133 e. The third-order valence-corrected chi connectivity index (χ3v) is 5.28. The summed E-state index contributed by atoms with van der Waals surface area (Å²) >= 11 is 3.59. The van der Waals surface area contributed by atoms with Crippen molar-refractivity contribution in [2.75, 3.05) is 6.61 Å². The highest BCUT2D eigenvalue weighted by Gasteiger charge is 2.36. The van der Waals surface area contributed by atoms with Gasteiger partial charge in [0.1, 0.15) is 5.75 Å². The van der Waals surface area contributed by atoms with Gasteiger partial charge in [0.25, 0.3) is 0 Å². The molecule has 0 radical (unpaired) electrons. The molecule has 0 saturated heterocycles. The van der Waals surface area contributed by atoms with Crippen LogP contribution in [0.15, 0.2) is 22.7 Å². The van der Waals surface area contributed by atoms with Gasteiger partial charge in [0.2, 0.25) is 0 Å². The Bertz CT molecular complexity index is 458. The monoisotopic (exact) mass is 339 g/mol. The third kappa shape index (κ3) is 3.37. The summed E-state index contributed by atoms with van der Waals surface area (Å²) in [6, 6.07) is 6.38.